The summed E-state index contributed by atoms with van der Waals surface area (Å²) in [5.41, 5.74) is 3.23. The molecule has 0 amide bonds. The van der Waals surface area contributed by atoms with E-state index >= 15 is 0 Å². The minimum Gasteiger partial charge on any atom is -0.481 e. The van der Waals surface area contributed by atoms with Crippen molar-refractivity contribution in [2.75, 3.05) is 0 Å². The van der Waals surface area contributed by atoms with Crippen molar-refractivity contribution in [2.24, 2.45) is 0 Å². The summed E-state index contributed by atoms with van der Waals surface area (Å²) in [6, 6.07) is 21.6. The Kier molecular flexibility index (Phi) is 12.1. The van der Waals surface area contributed by atoms with Crippen LogP contribution in [0.4, 0.5) is 0 Å². The van der Waals surface area contributed by atoms with Gasteiger partial charge < -0.3 is 18.7 Å². The lowest BCUT2D eigenvalue weighted by atomic mass is 10.1. The third kappa shape index (κ3) is 11.5. The van der Waals surface area contributed by atoms with Crippen molar-refractivity contribution >= 4 is 13.8 Å². The van der Waals surface area contributed by atoms with E-state index in [0.717, 1.165) is 29.5 Å². The van der Waals surface area contributed by atoms with E-state index < -0.39 is 13.8 Å². The van der Waals surface area contributed by atoms with Gasteiger partial charge >= 0.3 is 13.8 Å². The zero-order valence-corrected chi connectivity index (χ0v) is 22.5. The topological polar surface area (TPSA) is 82.1 Å². The number of carboxylic acid groups (broad SMARTS) is 1. The van der Waals surface area contributed by atoms with Crippen LogP contribution in [0.1, 0.15) is 62.1 Å². The van der Waals surface area contributed by atoms with E-state index in [-0.39, 0.29) is 0 Å². The Morgan fingerprint density at radius 3 is 1.28 bits per heavy atom. The van der Waals surface area contributed by atoms with Crippen molar-refractivity contribution in [2.45, 2.75) is 66.2 Å². The molecule has 0 atom stereocenters. The molecular weight excluding hydrogens is 475 g/mol. The van der Waals surface area contributed by atoms with Crippen LogP contribution < -0.4 is 13.6 Å². The molecule has 0 aliphatic carbocycles. The molecule has 3 rings (SSSR count). The third-order valence-electron chi connectivity index (χ3n) is 5.21. The van der Waals surface area contributed by atoms with Gasteiger partial charge in [0.25, 0.3) is 0 Å². The fraction of sp³-hybridized carbons (Fsp3) is 0.345. The molecule has 1 N–H and O–H groups in total. The molecule has 36 heavy (non-hydrogen) atoms. The van der Waals surface area contributed by atoms with E-state index in [1.165, 1.54) is 19.3 Å². The van der Waals surface area contributed by atoms with E-state index in [9.17, 15) is 9.36 Å². The van der Waals surface area contributed by atoms with Gasteiger partial charge in [-0.3, -0.25) is 4.79 Å². The standard InChI is InChI=1S/C21H21O4P.C8H16O2/c1-16-4-10-19(11-5-16)23-26(22,24-20-12-6-17(2)7-13-20)25-21-14-8-18(3)9-15-21;1-2-3-4-5-6-7-8(9)10/h4-15H,1-3H3;2-7H2,1H3,(H,9,10). The monoisotopic (exact) mass is 512 g/mol. The molecule has 0 unspecified atom stereocenters. The summed E-state index contributed by atoms with van der Waals surface area (Å²) >= 11 is 0. The van der Waals surface area contributed by atoms with Crippen LogP contribution in [0.2, 0.25) is 0 Å². The Labute approximate surface area is 214 Å². The van der Waals surface area contributed by atoms with Gasteiger partial charge in [0.15, 0.2) is 0 Å². The molecule has 3 aromatic carbocycles. The van der Waals surface area contributed by atoms with Crippen LogP contribution in [0.3, 0.4) is 0 Å². The largest absolute Gasteiger partial charge is 0.647 e. The Balaban J connectivity index is 0.000000388. The normalized spacial score (nSPS) is 10.7. The number of unbranched alkanes of at least 4 members (excludes halogenated alkanes) is 4. The highest BCUT2D eigenvalue weighted by Crippen LogP contribution is 2.49. The molecular formula is C29H37O6P. The number of aliphatic carboxylic acids is 1. The van der Waals surface area contributed by atoms with Gasteiger partial charge in [-0.15, -0.1) is 0 Å². The van der Waals surface area contributed by atoms with Crippen LogP contribution in [0, 0.1) is 20.8 Å². The average Bonchev–Trinajstić information content (AvgIpc) is 2.84. The Morgan fingerprint density at radius 2 is 0.972 bits per heavy atom. The number of benzene rings is 3. The fourth-order valence-electron chi connectivity index (χ4n) is 3.12. The summed E-state index contributed by atoms with van der Waals surface area (Å²) in [6.07, 6.45) is 5.88. The van der Waals surface area contributed by atoms with Crippen LogP contribution in [0.15, 0.2) is 72.8 Å². The van der Waals surface area contributed by atoms with Gasteiger partial charge in [-0.25, -0.2) is 0 Å². The molecule has 0 spiro atoms. The second kappa shape index (κ2) is 15.0. The highest BCUT2D eigenvalue weighted by Gasteiger charge is 2.33. The maximum atomic E-state index is 13.3. The van der Waals surface area contributed by atoms with Crippen LogP contribution in [0.5, 0.6) is 17.2 Å². The van der Waals surface area contributed by atoms with Gasteiger partial charge in [0, 0.05) is 6.42 Å². The van der Waals surface area contributed by atoms with Crippen LogP contribution >= 0.6 is 7.82 Å². The van der Waals surface area contributed by atoms with Crippen molar-refractivity contribution in [3.8, 4) is 17.2 Å². The maximum Gasteiger partial charge on any atom is 0.647 e. The second-order valence-corrected chi connectivity index (χ2v) is 10.2. The van der Waals surface area contributed by atoms with Gasteiger partial charge in [-0.2, -0.15) is 4.57 Å². The Hall–Kier alpha value is -3.24. The summed E-state index contributed by atoms with van der Waals surface area (Å²) in [7, 11) is -3.93. The number of phosphoric ester groups is 1. The first kappa shape index (κ1) is 29.0. The minimum atomic E-state index is -3.93. The van der Waals surface area contributed by atoms with Crippen molar-refractivity contribution in [3.63, 3.8) is 0 Å². The van der Waals surface area contributed by atoms with Gasteiger partial charge in [-0.1, -0.05) is 85.7 Å². The lowest BCUT2D eigenvalue weighted by Gasteiger charge is -2.19. The van der Waals surface area contributed by atoms with E-state index in [4.69, 9.17) is 18.7 Å². The molecule has 0 saturated heterocycles. The molecule has 0 saturated carbocycles. The highest BCUT2D eigenvalue weighted by atomic mass is 31.2. The van der Waals surface area contributed by atoms with Gasteiger partial charge in [0.1, 0.15) is 17.2 Å². The van der Waals surface area contributed by atoms with Gasteiger partial charge in [-0.05, 0) is 63.6 Å². The fourth-order valence-corrected chi connectivity index (χ4v) is 4.37. The number of carboxylic acids is 1. The molecule has 3 aromatic rings. The summed E-state index contributed by atoms with van der Waals surface area (Å²) < 4.78 is 30.2. The summed E-state index contributed by atoms with van der Waals surface area (Å²) in [6.45, 7) is 8.05. The predicted octanol–water partition coefficient (Wildman–Crippen LogP) is 8.69. The summed E-state index contributed by atoms with van der Waals surface area (Å²) in [5.74, 6) is 0.575. The minimum absolute atomic E-state index is 0.337. The van der Waals surface area contributed by atoms with Crippen LogP contribution in [0.25, 0.3) is 0 Å². The van der Waals surface area contributed by atoms with Gasteiger partial charge in [0.2, 0.25) is 0 Å². The van der Waals surface area contributed by atoms with Crippen molar-refractivity contribution in [3.05, 3.63) is 89.5 Å². The van der Waals surface area contributed by atoms with E-state index in [1.807, 2.05) is 57.2 Å². The Morgan fingerprint density at radius 1 is 0.639 bits per heavy atom. The molecule has 0 heterocycles. The number of carbonyl (C=O) groups is 1. The first-order valence-electron chi connectivity index (χ1n) is 12.3. The first-order valence-corrected chi connectivity index (χ1v) is 13.8. The third-order valence-corrected chi connectivity index (χ3v) is 6.51. The SMILES string of the molecule is CCCCCCCC(=O)O.Cc1ccc(OP(=O)(Oc2ccc(C)cc2)Oc2ccc(C)cc2)cc1. The lowest BCUT2D eigenvalue weighted by Crippen LogP contribution is -2.07. The molecule has 6 nitrogen and oxygen atoms in total. The van der Waals surface area contributed by atoms with Crippen LogP contribution in [-0.2, 0) is 9.36 Å². The molecule has 0 fully saturated rings. The number of rotatable bonds is 12. The summed E-state index contributed by atoms with van der Waals surface area (Å²) in [4.78, 5) is 10.0. The second-order valence-electron chi connectivity index (χ2n) is 8.72. The summed E-state index contributed by atoms with van der Waals surface area (Å²) in [5, 5.41) is 8.27. The zero-order valence-electron chi connectivity index (χ0n) is 21.6. The van der Waals surface area contributed by atoms with Gasteiger partial charge in [0.05, 0.1) is 0 Å². The van der Waals surface area contributed by atoms with Crippen molar-refractivity contribution < 1.29 is 28.0 Å². The average molecular weight is 513 g/mol. The van der Waals surface area contributed by atoms with Crippen LogP contribution in [-0.4, -0.2) is 11.1 Å². The molecule has 0 aliphatic rings. The molecule has 0 aliphatic heterocycles. The van der Waals surface area contributed by atoms with E-state index in [2.05, 4.69) is 6.92 Å². The highest BCUT2D eigenvalue weighted by molar-refractivity contribution is 7.49. The van der Waals surface area contributed by atoms with E-state index in [0.29, 0.717) is 23.7 Å². The number of aryl methyl sites for hydroxylation is 3. The smallest absolute Gasteiger partial charge is 0.481 e. The Bertz CT molecular complexity index is 970. The molecule has 0 bridgehead atoms. The lowest BCUT2D eigenvalue weighted by molar-refractivity contribution is -0.137. The van der Waals surface area contributed by atoms with Crippen molar-refractivity contribution in [1.82, 2.24) is 0 Å². The quantitative estimate of drug-likeness (QED) is 0.193. The molecule has 194 valence electrons. The molecule has 7 heteroatoms. The first-order chi connectivity index (χ1) is 17.2. The predicted molar refractivity (Wildman–Crippen MR) is 144 cm³/mol. The molecule has 0 radical (unpaired) electrons. The number of hydrogen-bond acceptors (Lipinski definition) is 5. The maximum absolute atomic E-state index is 13.3. The number of phosphoric acid groups is 1. The van der Waals surface area contributed by atoms with E-state index in [1.54, 1.807) is 36.4 Å². The van der Waals surface area contributed by atoms with Crippen molar-refractivity contribution in [1.29, 1.82) is 0 Å². The zero-order chi connectivity index (χ0) is 26.4. The molecule has 0 aromatic heterocycles. The number of hydrogen-bond donors (Lipinski definition) is 1.